The number of carbonyl (C=O) groups is 1. The lowest BCUT2D eigenvalue weighted by Gasteiger charge is -2.33. The summed E-state index contributed by atoms with van der Waals surface area (Å²) in [7, 11) is 0. The fourth-order valence-corrected chi connectivity index (χ4v) is 3.94. The Labute approximate surface area is 164 Å². The SMILES string of the molecule is O=C(c1ccc(Cl)cc1)N1CCCC(Cc2ccc(C3=NCCO3)cc2)C1. The largest absolute Gasteiger partial charge is 0.476 e. The van der Waals surface area contributed by atoms with Gasteiger partial charge in [0.1, 0.15) is 6.61 Å². The van der Waals surface area contributed by atoms with Crippen molar-refractivity contribution < 1.29 is 9.53 Å². The molecule has 4 nitrogen and oxygen atoms in total. The van der Waals surface area contributed by atoms with Crippen molar-refractivity contribution in [3.63, 3.8) is 0 Å². The molecule has 5 heteroatoms. The Bertz CT molecular complexity index is 830. The van der Waals surface area contributed by atoms with Gasteiger partial charge in [-0.1, -0.05) is 23.7 Å². The number of benzene rings is 2. The molecule has 0 aromatic heterocycles. The van der Waals surface area contributed by atoms with E-state index in [1.54, 1.807) is 24.3 Å². The van der Waals surface area contributed by atoms with Gasteiger partial charge < -0.3 is 9.64 Å². The zero-order valence-corrected chi connectivity index (χ0v) is 16.0. The van der Waals surface area contributed by atoms with Crippen LogP contribution in [0.5, 0.6) is 0 Å². The summed E-state index contributed by atoms with van der Waals surface area (Å²) in [5.41, 5.74) is 3.05. The van der Waals surface area contributed by atoms with E-state index in [1.165, 1.54) is 5.56 Å². The fourth-order valence-electron chi connectivity index (χ4n) is 3.82. The summed E-state index contributed by atoms with van der Waals surface area (Å²) in [6.45, 7) is 3.06. The molecular formula is C22H23ClN2O2. The van der Waals surface area contributed by atoms with Crippen molar-refractivity contribution in [3.8, 4) is 0 Å². The van der Waals surface area contributed by atoms with E-state index in [1.807, 2.05) is 4.90 Å². The minimum absolute atomic E-state index is 0.100. The summed E-state index contributed by atoms with van der Waals surface area (Å²) in [4.78, 5) is 19.1. The average molecular weight is 383 g/mol. The first-order chi connectivity index (χ1) is 13.2. The summed E-state index contributed by atoms with van der Waals surface area (Å²) in [6, 6.07) is 15.6. The second kappa shape index (κ2) is 8.13. The summed E-state index contributed by atoms with van der Waals surface area (Å²) >= 11 is 5.93. The monoisotopic (exact) mass is 382 g/mol. The van der Waals surface area contributed by atoms with Gasteiger partial charge in [-0.25, -0.2) is 4.99 Å². The van der Waals surface area contributed by atoms with Crippen molar-refractivity contribution in [2.24, 2.45) is 10.9 Å². The molecule has 140 valence electrons. The number of amides is 1. The third-order valence-corrected chi connectivity index (χ3v) is 5.46. The van der Waals surface area contributed by atoms with Gasteiger partial charge in [0.15, 0.2) is 0 Å². The van der Waals surface area contributed by atoms with Crippen LogP contribution in [0.2, 0.25) is 5.02 Å². The van der Waals surface area contributed by atoms with E-state index in [0.717, 1.165) is 50.4 Å². The van der Waals surface area contributed by atoms with Crippen molar-refractivity contribution >= 4 is 23.4 Å². The van der Waals surface area contributed by atoms with Gasteiger partial charge in [0.25, 0.3) is 5.91 Å². The van der Waals surface area contributed by atoms with Crippen LogP contribution in [0.15, 0.2) is 53.5 Å². The number of piperidine rings is 1. The Morgan fingerprint density at radius 2 is 1.93 bits per heavy atom. The van der Waals surface area contributed by atoms with Crippen LogP contribution in [0.25, 0.3) is 0 Å². The van der Waals surface area contributed by atoms with E-state index >= 15 is 0 Å². The summed E-state index contributed by atoms with van der Waals surface area (Å²) in [6.07, 6.45) is 3.19. The van der Waals surface area contributed by atoms with Crippen molar-refractivity contribution in [2.75, 3.05) is 26.2 Å². The number of carbonyl (C=O) groups excluding carboxylic acids is 1. The van der Waals surface area contributed by atoms with Gasteiger partial charge in [0.05, 0.1) is 6.54 Å². The third kappa shape index (κ3) is 4.33. The van der Waals surface area contributed by atoms with Crippen molar-refractivity contribution in [3.05, 3.63) is 70.2 Å². The Balaban J connectivity index is 1.38. The number of likely N-dealkylation sites (tertiary alicyclic amines) is 1. The van der Waals surface area contributed by atoms with Crippen molar-refractivity contribution in [2.45, 2.75) is 19.3 Å². The van der Waals surface area contributed by atoms with Gasteiger partial charge in [-0.2, -0.15) is 0 Å². The smallest absolute Gasteiger partial charge is 0.253 e. The van der Waals surface area contributed by atoms with Gasteiger partial charge in [0.2, 0.25) is 5.90 Å². The molecule has 0 bridgehead atoms. The third-order valence-electron chi connectivity index (χ3n) is 5.21. The lowest BCUT2D eigenvalue weighted by molar-refractivity contribution is 0.0673. The highest BCUT2D eigenvalue weighted by molar-refractivity contribution is 6.30. The molecule has 4 rings (SSSR count). The minimum atomic E-state index is 0.100. The maximum Gasteiger partial charge on any atom is 0.253 e. The second-order valence-corrected chi connectivity index (χ2v) is 7.64. The molecule has 0 spiro atoms. The molecule has 2 heterocycles. The minimum Gasteiger partial charge on any atom is -0.476 e. The summed E-state index contributed by atoms with van der Waals surface area (Å²) < 4.78 is 5.52. The fraction of sp³-hybridized carbons (Fsp3) is 0.364. The lowest BCUT2D eigenvalue weighted by atomic mass is 9.90. The van der Waals surface area contributed by atoms with Crippen molar-refractivity contribution in [1.29, 1.82) is 0 Å². The number of hydrogen-bond donors (Lipinski definition) is 0. The first-order valence-corrected chi connectivity index (χ1v) is 9.88. The number of hydrogen-bond acceptors (Lipinski definition) is 3. The zero-order valence-electron chi connectivity index (χ0n) is 15.2. The predicted octanol–water partition coefficient (Wildman–Crippen LogP) is 4.21. The molecule has 1 amide bonds. The molecule has 0 N–H and O–H groups in total. The molecule has 1 unspecified atom stereocenters. The van der Waals surface area contributed by atoms with Crippen LogP contribution in [0, 0.1) is 5.92 Å². The van der Waals surface area contributed by atoms with Crippen LogP contribution in [-0.4, -0.2) is 42.9 Å². The standard InChI is InChI=1S/C22H23ClN2O2/c23-20-9-7-19(8-10-20)22(26)25-12-1-2-17(15-25)14-16-3-5-18(6-4-16)21-24-11-13-27-21/h3-10,17H,1-2,11-15H2. The number of nitrogens with zero attached hydrogens (tertiary/aromatic N) is 2. The van der Waals surface area contributed by atoms with Crippen LogP contribution in [0.4, 0.5) is 0 Å². The van der Waals surface area contributed by atoms with Crippen LogP contribution >= 0.6 is 11.6 Å². The van der Waals surface area contributed by atoms with E-state index in [-0.39, 0.29) is 5.91 Å². The van der Waals surface area contributed by atoms with E-state index in [0.29, 0.717) is 23.1 Å². The molecule has 2 aromatic rings. The Morgan fingerprint density at radius 1 is 1.15 bits per heavy atom. The molecule has 1 atom stereocenters. The van der Waals surface area contributed by atoms with Gasteiger partial charge in [-0.3, -0.25) is 4.79 Å². The second-order valence-electron chi connectivity index (χ2n) is 7.20. The quantitative estimate of drug-likeness (QED) is 0.794. The number of halogens is 1. The van der Waals surface area contributed by atoms with Crippen molar-refractivity contribution in [1.82, 2.24) is 4.90 Å². The topological polar surface area (TPSA) is 41.9 Å². The Kier molecular flexibility index (Phi) is 5.44. The van der Waals surface area contributed by atoms with Gasteiger partial charge in [0, 0.05) is 29.2 Å². The van der Waals surface area contributed by atoms with Crippen LogP contribution < -0.4 is 0 Å². The average Bonchev–Trinajstić information content (AvgIpc) is 3.24. The molecule has 1 saturated heterocycles. The lowest BCUT2D eigenvalue weighted by Crippen LogP contribution is -2.40. The predicted molar refractivity (Wildman–Crippen MR) is 108 cm³/mol. The molecule has 1 fully saturated rings. The first-order valence-electron chi connectivity index (χ1n) is 9.50. The molecule has 0 aliphatic carbocycles. The number of aliphatic imine (C=N–C) groups is 1. The molecule has 0 radical (unpaired) electrons. The van der Waals surface area contributed by atoms with E-state index in [9.17, 15) is 4.79 Å². The van der Waals surface area contributed by atoms with Crippen LogP contribution in [0.1, 0.15) is 34.3 Å². The molecule has 27 heavy (non-hydrogen) atoms. The highest BCUT2D eigenvalue weighted by Crippen LogP contribution is 2.23. The summed E-state index contributed by atoms with van der Waals surface area (Å²) in [5, 5.41) is 0.653. The van der Waals surface area contributed by atoms with Crippen LogP contribution in [-0.2, 0) is 11.2 Å². The van der Waals surface area contributed by atoms with Gasteiger partial charge >= 0.3 is 0 Å². The van der Waals surface area contributed by atoms with E-state index < -0.39 is 0 Å². The summed E-state index contributed by atoms with van der Waals surface area (Å²) in [5.74, 6) is 1.34. The Morgan fingerprint density at radius 3 is 2.63 bits per heavy atom. The van der Waals surface area contributed by atoms with E-state index in [2.05, 4.69) is 29.3 Å². The first kappa shape index (κ1) is 18.1. The zero-order chi connectivity index (χ0) is 18.6. The maximum absolute atomic E-state index is 12.8. The normalized spacial score (nSPS) is 19.5. The maximum atomic E-state index is 12.8. The number of ether oxygens (including phenoxy) is 1. The molecule has 2 aromatic carbocycles. The molecule has 2 aliphatic rings. The van der Waals surface area contributed by atoms with Gasteiger partial charge in [-0.15, -0.1) is 0 Å². The van der Waals surface area contributed by atoms with Crippen LogP contribution in [0.3, 0.4) is 0 Å². The molecular weight excluding hydrogens is 360 g/mol. The van der Waals surface area contributed by atoms with E-state index in [4.69, 9.17) is 16.3 Å². The molecule has 0 saturated carbocycles. The number of rotatable bonds is 4. The highest BCUT2D eigenvalue weighted by Gasteiger charge is 2.24. The Hall–Kier alpha value is -2.33. The highest BCUT2D eigenvalue weighted by atomic mass is 35.5. The van der Waals surface area contributed by atoms with Gasteiger partial charge in [-0.05, 0) is 67.1 Å². The molecule has 2 aliphatic heterocycles.